The molecule has 0 saturated heterocycles. The molecule has 0 aliphatic heterocycles. The first kappa shape index (κ1) is 15.4. The fraction of sp³-hybridized carbons (Fsp3) is 0.250. The molecule has 2 aromatic rings. The molecule has 2 aromatic carbocycles. The second-order valence-electron chi connectivity index (χ2n) is 4.98. The summed E-state index contributed by atoms with van der Waals surface area (Å²) in [6.07, 6.45) is 0. The number of rotatable bonds is 4. The summed E-state index contributed by atoms with van der Waals surface area (Å²) in [5, 5.41) is 2.94. The maximum atomic E-state index is 14.0. The van der Waals surface area contributed by atoms with Crippen LogP contribution in [0.5, 0.6) is 0 Å². The van der Waals surface area contributed by atoms with Crippen LogP contribution in [0.4, 0.5) is 18.9 Å². The quantitative estimate of drug-likeness (QED) is 0.869. The molecule has 5 heteroatoms. The van der Waals surface area contributed by atoms with Gasteiger partial charge in [0.05, 0.1) is 6.04 Å². The van der Waals surface area contributed by atoms with Gasteiger partial charge >= 0.3 is 0 Å². The highest BCUT2D eigenvalue weighted by Gasteiger charge is 2.21. The summed E-state index contributed by atoms with van der Waals surface area (Å²) in [6.45, 7) is 0. The summed E-state index contributed by atoms with van der Waals surface area (Å²) in [7, 11) is 5.44. The smallest absolute Gasteiger partial charge is 0.194 e. The van der Waals surface area contributed by atoms with E-state index in [9.17, 15) is 13.2 Å². The second-order valence-corrected chi connectivity index (χ2v) is 4.98. The fourth-order valence-electron chi connectivity index (χ4n) is 2.25. The predicted molar refractivity (Wildman–Crippen MR) is 78.0 cm³/mol. The SMILES string of the molecule is CNC(c1cccc(N(C)C)c1)c1ccc(F)c(F)c1F. The lowest BCUT2D eigenvalue weighted by molar-refractivity contribution is 0.435. The molecule has 0 amide bonds. The Morgan fingerprint density at radius 3 is 2.33 bits per heavy atom. The van der Waals surface area contributed by atoms with Gasteiger partial charge in [-0.25, -0.2) is 13.2 Å². The lowest BCUT2D eigenvalue weighted by Gasteiger charge is -2.21. The highest BCUT2D eigenvalue weighted by molar-refractivity contribution is 5.49. The van der Waals surface area contributed by atoms with Crippen molar-refractivity contribution in [1.29, 1.82) is 0 Å². The van der Waals surface area contributed by atoms with Crippen LogP contribution in [0.3, 0.4) is 0 Å². The van der Waals surface area contributed by atoms with Crippen LogP contribution in [0.25, 0.3) is 0 Å². The molecule has 2 nitrogen and oxygen atoms in total. The van der Waals surface area contributed by atoms with Crippen LogP contribution in [0, 0.1) is 17.5 Å². The number of halogens is 3. The lowest BCUT2D eigenvalue weighted by Crippen LogP contribution is -2.20. The molecule has 2 rings (SSSR count). The monoisotopic (exact) mass is 294 g/mol. The van der Waals surface area contributed by atoms with Crippen molar-refractivity contribution in [2.75, 3.05) is 26.0 Å². The molecule has 1 atom stereocenters. The summed E-state index contributed by atoms with van der Waals surface area (Å²) in [4.78, 5) is 1.91. The van der Waals surface area contributed by atoms with Gasteiger partial charge in [0.2, 0.25) is 0 Å². The van der Waals surface area contributed by atoms with Crippen LogP contribution in [-0.4, -0.2) is 21.1 Å². The van der Waals surface area contributed by atoms with Gasteiger partial charge in [-0.15, -0.1) is 0 Å². The zero-order valence-corrected chi connectivity index (χ0v) is 12.1. The maximum absolute atomic E-state index is 14.0. The molecule has 0 aliphatic carbocycles. The van der Waals surface area contributed by atoms with E-state index in [0.717, 1.165) is 17.3 Å². The van der Waals surface area contributed by atoms with Gasteiger partial charge in [-0.3, -0.25) is 0 Å². The first-order valence-corrected chi connectivity index (χ1v) is 6.53. The minimum absolute atomic E-state index is 0.0762. The number of benzene rings is 2. The Hall–Kier alpha value is -2.01. The van der Waals surface area contributed by atoms with E-state index in [4.69, 9.17) is 0 Å². The predicted octanol–water partition coefficient (Wildman–Crippen LogP) is 3.48. The number of anilines is 1. The van der Waals surface area contributed by atoms with Crippen LogP contribution in [0.15, 0.2) is 36.4 Å². The number of nitrogens with one attached hydrogen (secondary N) is 1. The Labute approximate surface area is 122 Å². The number of hydrogen-bond donors (Lipinski definition) is 1. The molecule has 0 aliphatic rings. The van der Waals surface area contributed by atoms with Gasteiger partial charge in [-0.2, -0.15) is 0 Å². The fourth-order valence-corrected chi connectivity index (χ4v) is 2.25. The molecule has 0 bridgehead atoms. The molecule has 0 fully saturated rings. The van der Waals surface area contributed by atoms with E-state index in [1.165, 1.54) is 6.07 Å². The third kappa shape index (κ3) is 3.03. The summed E-state index contributed by atoms with van der Waals surface area (Å²) in [5.74, 6) is -3.80. The van der Waals surface area contributed by atoms with E-state index in [1.807, 2.05) is 43.3 Å². The summed E-state index contributed by atoms with van der Waals surface area (Å²) >= 11 is 0. The first-order valence-electron chi connectivity index (χ1n) is 6.53. The van der Waals surface area contributed by atoms with E-state index in [0.29, 0.717) is 0 Å². The normalized spacial score (nSPS) is 12.3. The van der Waals surface area contributed by atoms with Crippen molar-refractivity contribution < 1.29 is 13.2 Å². The van der Waals surface area contributed by atoms with Crippen LogP contribution in [0.2, 0.25) is 0 Å². The van der Waals surface area contributed by atoms with E-state index >= 15 is 0 Å². The Kier molecular flexibility index (Phi) is 4.53. The van der Waals surface area contributed by atoms with E-state index < -0.39 is 23.5 Å². The minimum Gasteiger partial charge on any atom is -0.378 e. The standard InChI is InChI=1S/C16H17F3N2/c1-20-16(10-5-4-6-11(9-10)21(2)3)12-7-8-13(17)15(19)14(12)18/h4-9,16,20H,1-3H3. The Bertz CT molecular complexity index is 641. The number of nitrogens with zero attached hydrogens (tertiary/aromatic N) is 1. The zero-order chi connectivity index (χ0) is 15.6. The third-order valence-corrected chi connectivity index (χ3v) is 3.38. The van der Waals surface area contributed by atoms with Crippen molar-refractivity contribution in [3.05, 3.63) is 65.0 Å². The number of hydrogen-bond acceptors (Lipinski definition) is 2. The molecule has 0 aromatic heterocycles. The summed E-state index contributed by atoms with van der Waals surface area (Å²) < 4.78 is 40.5. The molecule has 1 N–H and O–H groups in total. The van der Waals surface area contributed by atoms with E-state index in [1.54, 1.807) is 7.05 Å². The maximum Gasteiger partial charge on any atom is 0.194 e. The Morgan fingerprint density at radius 1 is 1.00 bits per heavy atom. The molecule has 0 heterocycles. The summed E-state index contributed by atoms with van der Waals surface area (Å²) in [5.41, 5.74) is 1.79. The molecular weight excluding hydrogens is 277 g/mol. The molecule has 21 heavy (non-hydrogen) atoms. The average molecular weight is 294 g/mol. The van der Waals surface area contributed by atoms with Crippen molar-refractivity contribution in [2.45, 2.75) is 6.04 Å². The Balaban J connectivity index is 2.50. The second kappa shape index (κ2) is 6.18. The molecule has 1 unspecified atom stereocenters. The van der Waals surface area contributed by atoms with Crippen LogP contribution in [-0.2, 0) is 0 Å². The molecule has 112 valence electrons. The van der Waals surface area contributed by atoms with Crippen molar-refractivity contribution in [2.24, 2.45) is 0 Å². The van der Waals surface area contributed by atoms with Gasteiger partial charge in [-0.1, -0.05) is 18.2 Å². The third-order valence-electron chi connectivity index (χ3n) is 3.38. The average Bonchev–Trinajstić information content (AvgIpc) is 2.48. The van der Waals surface area contributed by atoms with Crippen LogP contribution in [0.1, 0.15) is 17.2 Å². The van der Waals surface area contributed by atoms with Crippen molar-refractivity contribution in [1.82, 2.24) is 5.32 Å². The van der Waals surface area contributed by atoms with Gasteiger partial charge in [-0.05, 0) is 30.8 Å². The van der Waals surface area contributed by atoms with Gasteiger partial charge in [0.1, 0.15) is 0 Å². The van der Waals surface area contributed by atoms with Crippen LogP contribution < -0.4 is 10.2 Å². The summed E-state index contributed by atoms with van der Waals surface area (Å²) in [6, 6.07) is 9.09. The van der Waals surface area contributed by atoms with Gasteiger partial charge in [0, 0.05) is 25.3 Å². The largest absolute Gasteiger partial charge is 0.378 e. The van der Waals surface area contributed by atoms with Crippen LogP contribution >= 0.6 is 0 Å². The highest BCUT2D eigenvalue weighted by Crippen LogP contribution is 2.28. The van der Waals surface area contributed by atoms with Gasteiger partial charge in [0.15, 0.2) is 17.5 Å². The molecule has 0 spiro atoms. The first-order chi connectivity index (χ1) is 9.95. The highest BCUT2D eigenvalue weighted by atomic mass is 19.2. The van der Waals surface area contributed by atoms with E-state index in [2.05, 4.69) is 5.32 Å². The Morgan fingerprint density at radius 2 is 1.71 bits per heavy atom. The van der Waals surface area contributed by atoms with Crippen molar-refractivity contribution in [3.8, 4) is 0 Å². The van der Waals surface area contributed by atoms with E-state index in [-0.39, 0.29) is 5.56 Å². The molecular formula is C16H17F3N2. The topological polar surface area (TPSA) is 15.3 Å². The molecule has 0 radical (unpaired) electrons. The zero-order valence-electron chi connectivity index (χ0n) is 12.1. The lowest BCUT2D eigenvalue weighted by atomic mass is 9.97. The van der Waals surface area contributed by atoms with Crippen molar-refractivity contribution in [3.63, 3.8) is 0 Å². The van der Waals surface area contributed by atoms with Gasteiger partial charge < -0.3 is 10.2 Å². The molecule has 0 saturated carbocycles. The van der Waals surface area contributed by atoms with Crippen molar-refractivity contribution >= 4 is 5.69 Å². The minimum atomic E-state index is -1.45. The van der Waals surface area contributed by atoms with Gasteiger partial charge in [0.25, 0.3) is 0 Å².